The summed E-state index contributed by atoms with van der Waals surface area (Å²) >= 11 is 17.8. The van der Waals surface area contributed by atoms with Crippen LogP contribution >= 0.6 is 34.8 Å². The van der Waals surface area contributed by atoms with Gasteiger partial charge in [0, 0.05) is 35.6 Å². The third kappa shape index (κ3) is 5.35. The molecule has 0 saturated heterocycles. The minimum atomic E-state index is -1.85. The number of rotatable bonds is 6. The van der Waals surface area contributed by atoms with Crippen LogP contribution in [0.3, 0.4) is 0 Å². The van der Waals surface area contributed by atoms with Crippen molar-refractivity contribution in [3.8, 4) is 0 Å². The number of benzene rings is 2. The van der Waals surface area contributed by atoms with Gasteiger partial charge in [0.15, 0.2) is 0 Å². The van der Waals surface area contributed by atoms with Crippen LogP contribution in [0.15, 0.2) is 48.5 Å². The molecule has 0 aliphatic heterocycles. The Balaban J connectivity index is 2.26. The fraction of sp³-hybridized carbons (Fsp3) is 0.143. The van der Waals surface area contributed by atoms with Crippen LogP contribution in [0.5, 0.6) is 0 Å². The number of hydrogen-bond acceptors (Lipinski definition) is 6. The zero-order chi connectivity index (χ0) is 18.6. The molecule has 0 heterocycles. The molecule has 132 valence electrons. The molecule has 2 N–H and O–H groups in total. The second-order valence-corrected chi connectivity index (χ2v) is 7.25. The first-order valence-electron chi connectivity index (χ1n) is 6.75. The van der Waals surface area contributed by atoms with Gasteiger partial charge in [-0.2, -0.15) is 0 Å². The fourth-order valence-corrected chi connectivity index (χ4v) is 2.28. The topological polar surface area (TPSA) is 110 Å². The van der Waals surface area contributed by atoms with Gasteiger partial charge < -0.3 is 10.6 Å². The van der Waals surface area contributed by atoms with Crippen molar-refractivity contribution in [3.05, 3.63) is 68.8 Å². The average Bonchev–Trinajstić information content (AvgIpc) is 2.54. The molecule has 2 rings (SSSR count). The summed E-state index contributed by atoms with van der Waals surface area (Å²) in [6.07, 6.45) is -1.01. The van der Waals surface area contributed by atoms with Crippen LogP contribution in [-0.2, 0) is 0 Å². The quantitative estimate of drug-likeness (QED) is 0.311. The number of nitro benzene ring substituents is 2. The van der Waals surface area contributed by atoms with E-state index in [1.54, 1.807) is 12.1 Å². The molecule has 0 aliphatic rings. The van der Waals surface area contributed by atoms with Gasteiger partial charge in [-0.15, -0.1) is 0 Å². The molecular formula is C14H11Cl3N4O4. The monoisotopic (exact) mass is 404 g/mol. The minimum absolute atomic E-state index is 0.136. The largest absolute Gasteiger partial charge is 0.362 e. The maximum atomic E-state index is 10.8. The van der Waals surface area contributed by atoms with Crippen LogP contribution in [-0.4, -0.2) is 19.8 Å². The van der Waals surface area contributed by atoms with Gasteiger partial charge in [-0.3, -0.25) is 20.2 Å². The number of hydrogen-bond donors (Lipinski definition) is 2. The number of halogens is 3. The Morgan fingerprint density at radius 2 is 1.24 bits per heavy atom. The molecule has 0 fully saturated rings. The highest BCUT2D eigenvalue weighted by molar-refractivity contribution is 6.68. The first kappa shape index (κ1) is 19.0. The Hall–Kier alpha value is -2.29. The maximum Gasteiger partial charge on any atom is 0.271 e. The summed E-state index contributed by atoms with van der Waals surface area (Å²) in [4.78, 5) is 20.6. The summed E-state index contributed by atoms with van der Waals surface area (Å²) < 4.78 is -1.85. The molecule has 0 aromatic heterocycles. The smallest absolute Gasteiger partial charge is 0.271 e. The van der Waals surface area contributed by atoms with Gasteiger partial charge in [0.1, 0.15) is 6.17 Å². The van der Waals surface area contributed by atoms with E-state index in [4.69, 9.17) is 34.8 Å². The van der Waals surface area contributed by atoms with Crippen molar-refractivity contribution >= 4 is 57.6 Å². The van der Waals surface area contributed by atoms with Crippen LogP contribution in [0.4, 0.5) is 22.7 Å². The lowest BCUT2D eigenvalue weighted by atomic mass is 10.2. The zero-order valence-electron chi connectivity index (χ0n) is 12.4. The second-order valence-electron chi connectivity index (χ2n) is 4.88. The Bertz CT molecular complexity index is 738. The highest BCUT2D eigenvalue weighted by Gasteiger charge is 2.33. The van der Waals surface area contributed by atoms with E-state index in [-0.39, 0.29) is 11.4 Å². The van der Waals surface area contributed by atoms with E-state index in [2.05, 4.69) is 10.6 Å². The van der Waals surface area contributed by atoms with Crippen molar-refractivity contribution in [3.63, 3.8) is 0 Å². The summed E-state index contributed by atoms with van der Waals surface area (Å²) in [6.45, 7) is 0. The van der Waals surface area contributed by atoms with E-state index in [9.17, 15) is 20.2 Å². The second kappa shape index (κ2) is 7.73. The van der Waals surface area contributed by atoms with Gasteiger partial charge in [0.2, 0.25) is 3.79 Å². The number of nitrogens with zero attached hydrogens (tertiary/aromatic N) is 2. The summed E-state index contributed by atoms with van der Waals surface area (Å²) in [5, 5.41) is 27.4. The molecule has 0 radical (unpaired) electrons. The highest BCUT2D eigenvalue weighted by Crippen LogP contribution is 2.34. The lowest BCUT2D eigenvalue weighted by Crippen LogP contribution is -2.40. The Labute approximate surface area is 157 Å². The summed E-state index contributed by atoms with van der Waals surface area (Å²) in [7, 11) is 0. The van der Waals surface area contributed by atoms with E-state index >= 15 is 0 Å². The van der Waals surface area contributed by atoms with Crippen LogP contribution in [0.25, 0.3) is 0 Å². The summed E-state index contributed by atoms with van der Waals surface area (Å²) in [5.74, 6) is 0. The van der Waals surface area contributed by atoms with Gasteiger partial charge in [0.05, 0.1) is 9.85 Å². The third-order valence-electron chi connectivity index (χ3n) is 3.06. The fourth-order valence-electron chi connectivity index (χ4n) is 1.95. The van der Waals surface area contributed by atoms with Crippen LogP contribution < -0.4 is 10.6 Å². The molecule has 25 heavy (non-hydrogen) atoms. The number of nitrogens with one attached hydrogen (secondary N) is 2. The SMILES string of the molecule is O=[N+]([O-])c1cccc(NC(Nc2cccc([N+](=O)[O-])c2)C(Cl)(Cl)Cl)c1. The molecule has 0 saturated carbocycles. The molecule has 0 spiro atoms. The summed E-state index contributed by atoms with van der Waals surface area (Å²) in [6, 6.07) is 11.3. The first-order chi connectivity index (χ1) is 11.7. The van der Waals surface area contributed by atoms with E-state index in [1.165, 1.54) is 36.4 Å². The van der Waals surface area contributed by atoms with E-state index in [0.29, 0.717) is 11.4 Å². The number of nitro groups is 2. The molecule has 0 atom stereocenters. The summed E-state index contributed by atoms with van der Waals surface area (Å²) in [5.41, 5.74) is 0.402. The van der Waals surface area contributed by atoms with Gasteiger partial charge in [-0.1, -0.05) is 46.9 Å². The standard InChI is InChI=1S/C14H11Cl3N4O4/c15-14(16,17)13(18-9-3-1-5-11(7-9)20(22)23)19-10-4-2-6-12(8-10)21(24)25/h1-8,13,18-19H. The Morgan fingerprint density at radius 3 is 1.56 bits per heavy atom. The minimum Gasteiger partial charge on any atom is -0.362 e. The molecule has 0 bridgehead atoms. The van der Waals surface area contributed by atoms with E-state index in [1.807, 2.05) is 0 Å². The molecule has 11 heteroatoms. The van der Waals surface area contributed by atoms with Gasteiger partial charge in [0.25, 0.3) is 11.4 Å². The Morgan fingerprint density at radius 1 is 0.840 bits per heavy atom. The van der Waals surface area contributed by atoms with Crippen molar-refractivity contribution in [1.29, 1.82) is 0 Å². The van der Waals surface area contributed by atoms with Crippen molar-refractivity contribution < 1.29 is 9.85 Å². The first-order valence-corrected chi connectivity index (χ1v) is 7.89. The molecule has 2 aromatic rings. The molecule has 0 unspecified atom stereocenters. The number of anilines is 2. The lowest BCUT2D eigenvalue weighted by Gasteiger charge is -2.28. The van der Waals surface area contributed by atoms with Gasteiger partial charge in [-0.25, -0.2) is 0 Å². The molecule has 0 aliphatic carbocycles. The normalized spacial score (nSPS) is 11.2. The van der Waals surface area contributed by atoms with Crippen molar-refractivity contribution in [2.24, 2.45) is 0 Å². The van der Waals surface area contributed by atoms with Crippen molar-refractivity contribution in [2.75, 3.05) is 10.6 Å². The van der Waals surface area contributed by atoms with Gasteiger partial charge in [-0.05, 0) is 12.1 Å². The lowest BCUT2D eigenvalue weighted by molar-refractivity contribution is -0.385. The van der Waals surface area contributed by atoms with Crippen molar-refractivity contribution in [2.45, 2.75) is 9.96 Å². The van der Waals surface area contributed by atoms with Crippen molar-refractivity contribution in [1.82, 2.24) is 0 Å². The van der Waals surface area contributed by atoms with Gasteiger partial charge >= 0.3 is 0 Å². The predicted molar refractivity (Wildman–Crippen MR) is 97.5 cm³/mol. The van der Waals surface area contributed by atoms with Crippen LogP contribution in [0.1, 0.15) is 0 Å². The number of alkyl halides is 3. The highest BCUT2D eigenvalue weighted by atomic mass is 35.6. The van der Waals surface area contributed by atoms with E-state index < -0.39 is 19.8 Å². The predicted octanol–water partition coefficient (Wildman–Crippen LogP) is 4.72. The Kier molecular flexibility index (Phi) is 5.89. The number of non-ortho nitro benzene ring substituents is 2. The van der Waals surface area contributed by atoms with Crippen LogP contribution in [0, 0.1) is 20.2 Å². The molecule has 2 aromatic carbocycles. The van der Waals surface area contributed by atoms with E-state index in [0.717, 1.165) is 0 Å². The average molecular weight is 406 g/mol. The van der Waals surface area contributed by atoms with Crippen LogP contribution in [0.2, 0.25) is 0 Å². The third-order valence-corrected chi connectivity index (χ3v) is 3.72. The molecule has 0 amide bonds. The maximum absolute atomic E-state index is 10.8. The molecular weight excluding hydrogens is 395 g/mol. The zero-order valence-corrected chi connectivity index (χ0v) is 14.6. The molecule has 8 nitrogen and oxygen atoms in total.